The van der Waals surface area contributed by atoms with Gasteiger partial charge in [-0.05, 0) is 33.0 Å². The van der Waals surface area contributed by atoms with E-state index in [-0.39, 0.29) is 0 Å². The molecule has 4 rings (SSSR count). The van der Waals surface area contributed by atoms with Crippen LogP contribution in [0.15, 0.2) is 18.5 Å². The summed E-state index contributed by atoms with van der Waals surface area (Å²) < 4.78 is 4.17. The van der Waals surface area contributed by atoms with Gasteiger partial charge < -0.3 is 4.90 Å². The lowest BCUT2D eigenvalue weighted by Gasteiger charge is -2.24. The van der Waals surface area contributed by atoms with Crippen molar-refractivity contribution < 1.29 is 0 Å². The Morgan fingerprint density at radius 2 is 2.23 bits per heavy atom. The molecule has 118 valence electrons. The molecule has 1 fully saturated rings. The Morgan fingerprint density at radius 3 is 2.95 bits per heavy atom. The van der Waals surface area contributed by atoms with Crippen LogP contribution in [0.3, 0.4) is 0 Å². The van der Waals surface area contributed by atoms with Crippen LogP contribution in [0.5, 0.6) is 0 Å². The van der Waals surface area contributed by atoms with Gasteiger partial charge in [-0.1, -0.05) is 5.21 Å². The fourth-order valence-corrected chi connectivity index (χ4v) is 3.76. The Hall–Kier alpha value is -1.73. The quantitative estimate of drug-likeness (QED) is 0.818. The van der Waals surface area contributed by atoms with E-state index in [9.17, 15) is 0 Å². The van der Waals surface area contributed by atoms with Crippen LogP contribution in [-0.4, -0.2) is 67.8 Å². The maximum absolute atomic E-state index is 4.74. The van der Waals surface area contributed by atoms with Gasteiger partial charge in [0.2, 0.25) is 0 Å². The average molecular weight is 301 g/mol. The fourth-order valence-electron chi connectivity index (χ4n) is 3.76. The number of fused-ring (bicyclic) bond motifs is 1. The van der Waals surface area contributed by atoms with Crippen molar-refractivity contribution in [1.82, 2.24) is 34.6 Å². The SMILES string of the molecule is CN(C)[C@@H]1CN(Cc2cc3n(n2)CCC3)C[C@@H]1n1ccnn1. The minimum absolute atomic E-state index is 0.354. The number of rotatable bonds is 4. The maximum Gasteiger partial charge on any atom is 0.0831 e. The summed E-state index contributed by atoms with van der Waals surface area (Å²) in [6.45, 7) is 4.04. The van der Waals surface area contributed by atoms with Gasteiger partial charge in [-0.2, -0.15) is 5.10 Å². The lowest BCUT2D eigenvalue weighted by Crippen LogP contribution is -2.36. The minimum atomic E-state index is 0.354. The molecule has 2 aliphatic rings. The molecule has 7 heteroatoms. The van der Waals surface area contributed by atoms with Gasteiger partial charge in [0, 0.05) is 44.1 Å². The zero-order chi connectivity index (χ0) is 15.1. The van der Waals surface area contributed by atoms with E-state index in [1.807, 2.05) is 10.9 Å². The van der Waals surface area contributed by atoms with E-state index < -0.39 is 0 Å². The van der Waals surface area contributed by atoms with Gasteiger partial charge in [0.25, 0.3) is 0 Å². The minimum Gasteiger partial charge on any atom is -0.303 e. The van der Waals surface area contributed by atoms with Crippen molar-refractivity contribution in [2.45, 2.75) is 38.0 Å². The number of nitrogens with zero attached hydrogens (tertiary/aromatic N) is 7. The summed E-state index contributed by atoms with van der Waals surface area (Å²) in [5.41, 5.74) is 2.60. The first-order chi connectivity index (χ1) is 10.7. The smallest absolute Gasteiger partial charge is 0.0831 e. The highest BCUT2D eigenvalue weighted by atomic mass is 15.5. The van der Waals surface area contributed by atoms with E-state index in [0.29, 0.717) is 12.1 Å². The van der Waals surface area contributed by atoms with Gasteiger partial charge in [-0.3, -0.25) is 9.58 Å². The summed E-state index contributed by atoms with van der Waals surface area (Å²) in [5.74, 6) is 0. The number of hydrogen-bond acceptors (Lipinski definition) is 5. The third-order valence-electron chi connectivity index (χ3n) is 4.88. The molecule has 0 unspecified atom stereocenters. The molecule has 0 N–H and O–H groups in total. The normalized spacial score (nSPS) is 25.2. The molecule has 0 radical (unpaired) electrons. The summed E-state index contributed by atoms with van der Waals surface area (Å²) in [7, 11) is 4.28. The number of likely N-dealkylation sites (tertiary alicyclic amines) is 1. The standard InChI is InChI=1S/C15H23N7/c1-19(2)14-10-20(11-15(14)22-7-5-16-18-22)9-12-8-13-4-3-6-21(13)17-12/h5,7-8,14-15H,3-4,6,9-11H2,1-2H3/t14-,15+/m1/s1. The topological polar surface area (TPSA) is 55.0 Å². The Bertz CT molecular complexity index is 609. The zero-order valence-electron chi connectivity index (χ0n) is 13.3. The molecular weight excluding hydrogens is 278 g/mol. The first-order valence-electron chi connectivity index (χ1n) is 8.01. The molecule has 0 spiro atoms. The molecule has 2 aliphatic heterocycles. The Balaban J connectivity index is 1.48. The fraction of sp³-hybridized carbons (Fsp3) is 0.667. The number of aryl methyl sites for hydroxylation is 2. The molecule has 0 amide bonds. The summed E-state index contributed by atoms with van der Waals surface area (Å²) in [5, 5.41) is 12.9. The zero-order valence-corrected chi connectivity index (χ0v) is 13.3. The van der Waals surface area contributed by atoms with Gasteiger partial charge in [-0.15, -0.1) is 5.10 Å². The molecule has 7 nitrogen and oxygen atoms in total. The van der Waals surface area contributed by atoms with Crippen molar-refractivity contribution in [1.29, 1.82) is 0 Å². The predicted molar refractivity (Wildman–Crippen MR) is 82.4 cm³/mol. The molecule has 0 bridgehead atoms. The van der Waals surface area contributed by atoms with Crippen LogP contribution in [0.2, 0.25) is 0 Å². The van der Waals surface area contributed by atoms with Crippen molar-refractivity contribution >= 4 is 0 Å². The van der Waals surface area contributed by atoms with E-state index in [4.69, 9.17) is 5.10 Å². The lowest BCUT2D eigenvalue weighted by molar-refractivity contribution is 0.237. The monoisotopic (exact) mass is 301 g/mol. The second-order valence-corrected chi connectivity index (χ2v) is 6.63. The summed E-state index contributed by atoms with van der Waals surface area (Å²) in [6.07, 6.45) is 6.14. The van der Waals surface area contributed by atoms with Gasteiger partial charge in [0.05, 0.1) is 17.9 Å². The highest BCUT2D eigenvalue weighted by Crippen LogP contribution is 2.26. The number of aromatic nitrogens is 5. The number of hydrogen-bond donors (Lipinski definition) is 0. The molecule has 2 atom stereocenters. The van der Waals surface area contributed by atoms with Gasteiger partial charge in [0.15, 0.2) is 0 Å². The van der Waals surface area contributed by atoms with Crippen LogP contribution in [-0.2, 0) is 19.5 Å². The Kier molecular flexibility index (Phi) is 3.46. The van der Waals surface area contributed by atoms with Crippen LogP contribution < -0.4 is 0 Å². The Morgan fingerprint density at radius 1 is 1.32 bits per heavy atom. The molecule has 0 aliphatic carbocycles. The largest absolute Gasteiger partial charge is 0.303 e. The van der Waals surface area contributed by atoms with Crippen molar-refractivity contribution in [3.8, 4) is 0 Å². The number of likely N-dealkylation sites (N-methyl/N-ethyl adjacent to an activating group) is 1. The van der Waals surface area contributed by atoms with Crippen molar-refractivity contribution in [2.75, 3.05) is 27.2 Å². The van der Waals surface area contributed by atoms with E-state index >= 15 is 0 Å². The summed E-state index contributed by atoms with van der Waals surface area (Å²) >= 11 is 0. The summed E-state index contributed by atoms with van der Waals surface area (Å²) in [4.78, 5) is 4.77. The molecule has 2 aromatic rings. The molecule has 4 heterocycles. The highest BCUT2D eigenvalue weighted by molar-refractivity contribution is 5.13. The summed E-state index contributed by atoms with van der Waals surface area (Å²) in [6, 6.07) is 3.09. The van der Waals surface area contributed by atoms with E-state index in [1.165, 1.54) is 24.2 Å². The predicted octanol–water partition coefficient (Wildman–Crippen LogP) is 0.408. The third-order valence-corrected chi connectivity index (χ3v) is 4.88. The Labute approximate surface area is 130 Å². The van der Waals surface area contributed by atoms with E-state index in [0.717, 1.165) is 26.2 Å². The van der Waals surface area contributed by atoms with Gasteiger partial charge in [-0.25, -0.2) is 4.68 Å². The van der Waals surface area contributed by atoms with Gasteiger partial charge in [0.1, 0.15) is 0 Å². The van der Waals surface area contributed by atoms with Gasteiger partial charge >= 0.3 is 0 Å². The average Bonchev–Trinajstić information content (AvgIpc) is 3.21. The van der Waals surface area contributed by atoms with Crippen molar-refractivity contribution in [3.63, 3.8) is 0 Å². The van der Waals surface area contributed by atoms with E-state index in [1.54, 1.807) is 6.20 Å². The second-order valence-electron chi connectivity index (χ2n) is 6.63. The highest BCUT2D eigenvalue weighted by Gasteiger charge is 2.36. The molecule has 0 saturated carbocycles. The molecule has 22 heavy (non-hydrogen) atoms. The van der Waals surface area contributed by atoms with Crippen LogP contribution in [0.25, 0.3) is 0 Å². The van der Waals surface area contributed by atoms with Crippen LogP contribution in [0, 0.1) is 0 Å². The van der Waals surface area contributed by atoms with Crippen LogP contribution in [0.4, 0.5) is 0 Å². The first kappa shape index (κ1) is 13.9. The van der Waals surface area contributed by atoms with E-state index in [2.05, 4.69) is 45.0 Å². The maximum atomic E-state index is 4.74. The van der Waals surface area contributed by atoms with Crippen molar-refractivity contribution in [3.05, 3.63) is 29.8 Å². The molecule has 1 saturated heterocycles. The second kappa shape index (κ2) is 5.48. The molecular formula is C15H23N7. The van der Waals surface area contributed by atoms with Crippen molar-refractivity contribution in [2.24, 2.45) is 0 Å². The third kappa shape index (κ3) is 2.44. The lowest BCUT2D eigenvalue weighted by atomic mass is 10.1. The molecule has 2 aromatic heterocycles. The van der Waals surface area contributed by atoms with Crippen LogP contribution >= 0.6 is 0 Å². The molecule has 0 aromatic carbocycles. The first-order valence-corrected chi connectivity index (χ1v) is 8.01. The van der Waals surface area contributed by atoms with Crippen LogP contribution in [0.1, 0.15) is 23.9 Å².